The Hall–Kier alpha value is -4.09. The molecule has 1 atom stereocenters. The molecule has 1 amide bonds. The van der Waals surface area contributed by atoms with Gasteiger partial charge in [0.25, 0.3) is 0 Å². The number of alkyl halides is 2. The lowest BCUT2D eigenvalue weighted by Crippen LogP contribution is -2.36. The van der Waals surface area contributed by atoms with Gasteiger partial charge in [0.05, 0.1) is 28.5 Å². The average Bonchev–Trinajstić information content (AvgIpc) is 3.69. The number of nitrogens with zero attached hydrogens (tertiary/aromatic N) is 3. The first kappa shape index (κ1) is 35.3. The van der Waals surface area contributed by atoms with Crippen molar-refractivity contribution < 1.29 is 18.3 Å². The molecule has 12 heteroatoms. The van der Waals surface area contributed by atoms with Crippen LogP contribution in [0.2, 0.25) is 10.0 Å². The number of carbonyl (C=O) groups is 1. The van der Waals surface area contributed by atoms with E-state index in [0.29, 0.717) is 60.4 Å². The normalized spacial score (nSPS) is 17.6. The molecule has 1 aliphatic carbocycles. The smallest absolute Gasteiger partial charge is 0.248 e. The molecule has 1 saturated carbocycles. The summed E-state index contributed by atoms with van der Waals surface area (Å²) in [5, 5.41) is 11.9. The number of aromatic nitrogens is 3. The minimum atomic E-state index is -2.54. The van der Waals surface area contributed by atoms with E-state index < -0.39 is 5.92 Å². The largest absolute Gasteiger partial charge is 0.496 e. The van der Waals surface area contributed by atoms with Gasteiger partial charge in [0.2, 0.25) is 11.8 Å². The van der Waals surface area contributed by atoms with Gasteiger partial charge in [-0.05, 0) is 49.1 Å². The summed E-state index contributed by atoms with van der Waals surface area (Å²) in [4.78, 5) is 21.2. The van der Waals surface area contributed by atoms with Crippen LogP contribution in [0.15, 0.2) is 67.0 Å². The number of methoxy groups -OCH3 is 1. The molecule has 1 saturated heterocycles. The van der Waals surface area contributed by atoms with Crippen molar-refractivity contribution in [2.24, 2.45) is 7.05 Å². The molecule has 2 aliphatic rings. The van der Waals surface area contributed by atoms with Gasteiger partial charge < -0.3 is 25.3 Å². The zero-order valence-electron chi connectivity index (χ0n) is 28.5. The lowest BCUT2D eigenvalue weighted by Gasteiger charge is -2.28. The number of benzene rings is 2. The Morgan fingerprint density at radius 3 is 2.53 bits per heavy atom. The zero-order chi connectivity index (χ0) is 35.7. The molecule has 8 nitrogen and oxygen atoms in total. The molecule has 0 bridgehead atoms. The first-order chi connectivity index (χ1) is 24.6. The summed E-state index contributed by atoms with van der Waals surface area (Å²) in [6, 6.07) is 17.8. The van der Waals surface area contributed by atoms with Crippen LogP contribution in [0.25, 0.3) is 44.7 Å². The Kier molecular flexibility index (Phi) is 10.3. The molecule has 3 N–H and O–H groups in total. The van der Waals surface area contributed by atoms with Crippen molar-refractivity contribution in [1.82, 2.24) is 30.5 Å². The molecular weight excluding hydrogens is 693 g/mol. The van der Waals surface area contributed by atoms with E-state index in [9.17, 15) is 13.6 Å². The number of amides is 1. The molecule has 2 fully saturated rings. The molecule has 3 aromatic heterocycles. The van der Waals surface area contributed by atoms with E-state index in [4.69, 9.17) is 32.9 Å². The van der Waals surface area contributed by atoms with Gasteiger partial charge in [0.1, 0.15) is 11.4 Å². The van der Waals surface area contributed by atoms with Crippen molar-refractivity contribution in [2.45, 2.75) is 69.6 Å². The fourth-order valence-corrected chi connectivity index (χ4v) is 7.81. The molecule has 5 aromatic rings. The monoisotopic (exact) mass is 732 g/mol. The molecule has 4 heterocycles. The molecule has 0 radical (unpaired) electrons. The number of nitrogens with one attached hydrogen (secondary N) is 3. The SMILES string of the molecule is COc1cc(-c2nccc(-c3cccc(-c4ccc5c(CNC6CCC(F)(F)CC6)cn(C)c5n4)c3Cl)c2Cl)ccc1CNCC1CCC(=O)N1. The number of hydrogen-bond acceptors (Lipinski definition) is 6. The second-order valence-corrected chi connectivity index (χ2v) is 14.2. The summed E-state index contributed by atoms with van der Waals surface area (Å²) in [6.45, 7) is 1.86. The molecule has 7 rings (SSSR count). The number of aryl methyl sites for hydroxylation is 1. The molecule has 1 unspecified atom stereocenters. The lowest BCUT2D eigenvalue weighted by molar-refractivity contribution is -0.119. The maximum absolute atomic E-state index is 13.6. The van der Waals surface area contributed by atoms with Crippen LogP contribution >= 0.6 is 23.2 Å². The van der Waals surface area contributed by atoms with Crippen molar-refractivity contribution >= 4 is 40.1 Å². The Balaban J connectivity index is 1.11. The van der Waals surface area contributed by atoms with Gasteiger partial charge in [-0.1, -0.05) is 53.5 Å². The third-order valence-electron chi connectivity index (χ3n) is 10.0. The van der Waals surface area contributed by atoms with Crippen LogP contribution in [0.1, 0.15) is 49.7 Å². The Labute approximate surface area is 305 Å². The van der Waals surface area contributed by atoms with Crippen LogP contribution in [-0.2, 0) is 24.9 Å². The fraction of sp³-hybridized carbons (Fsp3) is 0.359. The Morgan fingerprint density at radius 1 is 0.980 bits per heavy atom. The average molecular weight is 734 g/mol. The van der Waals surface area contributed by atoms with E-state index in [1.807, 2.05) is 72.4 Å². The zero-order valence-corrected chi connectivity index (χ0v) is 30.1. The van der Waals surface area contributed by atoms with Gasteiger partial charge >= 0.3 is 0 Å². The van der Waals surface area contributed by atoms with Gasteiger partial charge in [-0.25, -0.2) is 13.8 Å². The topological polar surface area (TPSA) is 93.1 Å². The first-order valence-corrected chi connectivity index (χ1v) is 18.0. The fourth-order valence-electron chi connectivity index (χ4n) is 7.16. The third-order valence-corrected chi connectivity index (χ3v) is 10.8. The van der Waals surface area contributed by atoms with Crippen LogP contribution in [-0.4, -0.2) is 52.1 Å². The van der Waals surface area contributed by atoms with Crippen molar-refractivity contribution in [3.63, 3.8) is 0 Å². The standard InChI is InChI=1S/C39H40Cl2F2N6O2/c1-49-22-25(20-46-26-12-15-39(42,43)16-13-26)28-9-10-32(48-38(28)49)31-5-3-4-29(35(31)40)30-14-17-45-37(36(30)41)23-6-7-24(33(18-23)51-2)19-44-21-27-8-11-34(50)47-27/h3-7,9-10,14,17-18,22,26-27,44,46H,8,11-13,15-16,19-21H2,1-2H3,(H,47,50). The maximum atomic E-state index is 13.6. The first-order valence-electron chi connectivity index (χ1n) is 17.3. The van der Waals surface area contributed by atoms with Gasteiger partial charge in [-0.3, -0.25) is 9.78 Å². The highest BCUT2D eigenvalue weighted by atomic mass is 35.5. The number of rotatable bonds is 11. The molecule has 266 valence electrons. The van der Waals surface area contributed by atoms with E-state index in [1.165, 1.54) is 0 Å². The quantitative estimate of drug-likeness (QED) is 0.127. The van der Waals surface area contributed by atoms with E-state index in [2.05, 4.69) is 20.9 Å². The second-order valence-electron chi connectivity index (χ2n) is 13.5. The van der Waals surface area contributed by atoms with Gasteiger partial charge in [0, 0.05) is 104 Å². The highest BCUT2D eigenvalue weighted by molar-refractivity contribution is 6.39. The van der Waals surface area contributed by atoms with E-state index >= 15 is 0 Å². The van der Waals surface area contributed by atoms with Crippen LogP contribution in [0.4, 0.5) is 8.78 Å². The Bertz CT molecular complexity index is 2080. The van der Waals surface area contributed by atoms with Crippen molar-refractivity contribution in [2.75, 3.05) is 13.7 Å². The predicted octanol–water partition coefficient (Wildman–Crippen LogP) is 8.32. The van der Waals surface area contributed by atoms with Crippen LogP contribution < -0.4 is 20.7 Å². The van der Waals surface area contributed by atoms with Crippen molar-refractivity contribution in [3.05, 3.63) is 88.2 Å². The summed E-state index contributed by atoms with van der Waals surface area (Å²) in [6.07, 6.45) is 5.98. The molecular formula is C39H40Cl2F2N6O2. The number of pyridine rings is 2. The van der Waals surface area contributed by atoms with Gasteiger partial charge in [-0.2, -0.15) is 0 Å². The number of halogens is 4. The summed E-state index contributed by atoms with van der Waals surface area (Å²) in [7, 11) is 3.59. The molecule has 51 heavy (non-hydrogen) atoms. The summed E-state index contributed by atoms with van der Waals surface area (Å²) >= 11 is 14.2. The van der Waals surface area contributed by atoms with E-state index in [0.717, 1.165) is 56.5 Å². The molecule has 2 aromatic carbocycles. The third kappa shape index (κ3) is 7.60. The van der Waals surface area contributed by atoms with Crippen molar-refractivity contribution in [1.29, 1.82) is 0 Å². The van der Waals surface area contributed by atoms with Crippen LogP contribution in [0.5, 0.6) is 5.75 Å². The number of fused-ring (bicyclic) bond motifs is 1. The summed E-state index contributed by atoms with van der Waals surface area (Å²) in [5.74, 6) is -1.74. The van der Waals surface area contributed by atoms with E-state index in [1.54, 1.807) is 13.3 Å². The highest BCUT2D eigenvalue weighted by Gasteiger charge is 2.34. The highest BCUT2D eigenvalue weighted by Crippen LogP contribution is 2.42. The number of ether oxygens (including phenoxy) is 1. The number of carbonyl (C=O) groups excluding carboxylic acids is 1. The predicted molar refractivity (Wildman–Crippen MR) is 198 cm³/mol. The summed E-state index contributed by atoms with van der Waals surface area (Å²) in [5.41, 5.74) is 7.26. The van der Waals surface area contributed by atoms with Crippen LogP contribution in [0.3, 0.4) is 0 Å². The maximum Gasteiger partial charge on any atom is 0.248 e. The molecule has 0 spiro atoms. The minimum absolute atomic E-state index is 0.0679. The summed E-state index contributed by atoms with van der Waals surface area (Å²) < 4.78 is 35.0. The van der Waals surface area contributed by atoms with Gasteiger partial charge in [0.15, 0.2) is 0 Å². The van der Waals surface area contributed by atoms with Crippen molar-refractivity contribution in [3.8, 4) is 39.4 Å². The lowest BCUT2D eigenvalue weighted by atomic mass is 9.92. The molecule has 1 aliphatic heterocycles. The second kappa shape index (κ2) is 14.9. The van der Waals surface area contributed by atoms with Gasteiger partial charge in [-0.15, -0.1) is 0 Å². The Morgan fingerprint density at radius 2 is 1.76 bits per heavy atom. The minimum Gasteiger partial charge on any atom is -0.496 e. The van der Waals surface area contributed by atoms with Crippen LogP contribution in [0, 0.1) is 0 Å². The number of hydrogen-bond donors (Lipinski definition) is 3. The van der Waals surface area contributed by atoms with E-state index in [-0.39, 0.29) is 30.8 Å².